The van der Waals surface area contributed by atoms with Gasteiger partial charge in [-0.2, -0.15) is 0 Å². The van der Waals surface area contributed by atoms with E-state index in [0.717, 1.165) is 0 Å². The van der Waals surface area contributed by atoms with Crippen molar-refractivity contribution in [3.8, 4) is 0 Å². The molecule has 0 rings (SSSR count). The van der Waals surface area contributed by atoms with Crippen molar-refractivity contribution in [3.63, 3.8) is 0 Å². The highest BCUT2D eigenvalue weighted by Crippen LogP contribution is 2.08. The predicted octanol–water partition coefficient (Wildman–Crippen LogP) is 1.66. The Kier molecular flexibility index (Phi) is 5.64. The summed E-state index contributed by atoms with van der Waals surface area (Å²) in [5.74, 6) is 6.01. The monoisotopic (exact) mass is 144 g/mol. The van der Waals surface area contributed by atoms with Crippen LogP contribution in [-0.2, 0) is 0 Å². The Hall–Kier alpha value is -0.0800. The van der Waals surface area contributed by atoms with E-state index in [4.69, 9.17) is 5.84 Å². The number of hydrogen-bond donors (Lipinski definition) is 2. The molecule has 2 nitrogen and oxygen atoms in total. The summed E-state index contributed by atoms with van der Waals surface area (Å²) in [6, 6.07) is 0.500. The van der Waals surface area contributed by atoms with Crippen LogP contribution >= 0.6 is 0 Å². The van der Waals surface area contributed by atoms with Crippen LogP contribution in [-0.4, -0.2) is 6.04 Å². The van der Waals surface area contributed by atoms with E-state index in [1.165, 1.54) is 19.3 Å². The molecule has 0 saturated heterocycles. The number of hydrogen-bond acceptors (Lipinski definition) is 2. The van der Waals surface area contributed by atoms with Crippen LogP contribution in [0.5, 0.6) is 0 Å². The summed E-state index contributed by atoms with van der Waals surface area (Å²) < 4.78 is 0. The fraction of sp³-hybridized carbons (Fsp3) is 1.00. The summed E-state index contributed by atoms with van der Waals surface area (Å²) in [5, 5.41) is 0. The number of nitrogens with one attached hydrogen (secondary N) is 1. The molecule has 0 radical (unpaired) electrons. The predicted molar refractivity (Wildman–Crippen MR) is 45.5 cm³/mol. The van der Waals surface area contributed by atoms with E-state index in [-0.39, 0.29) is 0 Å². The van der Waals surface area contributed by atoms with Crippen LogP contribution in [0.15, 0.2) is 0 Å². The number of unbranched alkanes of at least 4 members (excludes halogenated alkanes) is 1. The fourth-order valence-corrected chi connectivity index (χ4v) is 1.03. The Morgan fingerprint density at radius 3 is 2.30 bits per heavy atom. The van der Waals surface area contributed by atoms with Crippen molar-refractivity contribution in [2.45, 2.75) is 46.1 Å². The van der Waals surface area contributed by atoms with Gasteiger partial charge in [-0.3, -0.25) is 11.3 Å². The quantitative estimate of drug-likeness (QED) is 0.455. The van der Waals surface area contributed by atoms with E-state index in [9.17, 15) is 0 Å². The Morgan fingerprint density at radius 2 is 2.00 bits per heavy atom. The summed E-state index contributed by atoms with van der Waals surface area (Å²) >= 11 is 0. The number of hydrazine groups is 1. The highest BCUT2D eigenvalue weighted by atomic mass is 15.2. The van der Waals surface area contributed by atoms with Crippen LogP contribution < -0.4 is 11.3 Å². The van der Waals surface area contributed by atoms with Gasteiger partial charge in [-0.15, -0.1) is 0 Å². The SMILES string of the molecule is CCCCC(NN)C(C)C. The molecule has 0 bridgehead atoms. The van der Waals surface area contributed by atoms with Gasteiger partial charge in [-0.05, 0) is 12.3 Å². The first-order valence-corrected chi connectivity index (χ1v) is 4.18. The van der Waals surface area contributed by atoms with Gasteiger partial charge in [-0.25, -0.2) is 0 Å². The van der Waals surface area contributed by atoms with E-state index in [0.29, 0.717) is 12.0 Å². The largest absolute Gasteiger partial charge is 0.271 e. The van der Waals surface area contributed by atoms with Gasteiger partial charge in [0.2, 0.25) is 0 Å². The van der Waals surface area contributed by atoms with Crippen molar-refractivity contribution < 1.29 is 0 Å². The van der Waals surface area contributed by atoms with Gasteiger partial charge in [0.25, 0.3) is 0 Å². The van der Waals surface area contributed by atoms with E-state index in [1.54, 1.807) is 0 Å². The molecule has 3 N–H and O–H groups in total. The zero-order valence-corrected chi connectivity index (χ0v) is 7.35. The van der Waals surface area contributed by atoms with Crippen LogP contribution in [0.1, 0.15) is 40.0 Å². The molecular formula is C8H20N2. The molecule has 1 atom stereocenters. The topological polar surface area (TPSA) is 38.0 Å². The van der Waals surface area contributed by atoms with Gasteiger partial charge in [0, 0.05) is 6.04 Å². The van der Waals surface area contributed by atoms with E-state index in [1.807, 2.05) is 0 Å². The molecule has 1 unspecified atom stereocenters. The number of nitrogens with two attached hydrogens (primary N) is 1. The average molecular weight is 144 g/mol. The first kappa shape index (κ1) is 9.92. The van der Waals surface area contributed by atoms with Crippen LogP contribution in [0.4, 0.5) is 0 Å². The third-order valence-electron chi connectivity index (χ3n) is 1.89. The van der Waals surface area contributed by atoms with E-state index < -0.39 is 0 Å². The second kappa shape index (κ2) is 5.69. The molecular weight excluding hydrogens is 124 g/mol. The standard InChI is InChI=1S/C8H20N2/c1-4-5-6-8(10-9)7(2)3/h7-8,10H,4-6,9H2,1-3H3. The maximum absolute atomic E-state index is 5.36. The molecule has 0 amide bonds. The minimum absolute atomic E-state index is 0.500. The molecule has 0 spiro atoms. The van der Waals surface area contributed by atoms with Gasteiger partial charge < -0.3 is 0 Å². The summed E-state index contributed by atoms with van der Waals surface area (Å²) in [4.78, 5) is 0. The lowest BCUT2D eigenvalue weighted by molar-refractivity contribution is 0.374. The van der Waals surface area contributed by atoms with Crippen LogP contribution in [0.25, 0.3) is 0 Å². The maximum atomic E-state index is 5.36. The van der Waals surface area contributed by atoms with Crippen LogP contribution in [0.2, 0.25) is 0 Å². The molecule has 62 valence electrons. The smallest absolute Gasteiger partial charge is 0.0233 e. The van der Waals surface area contributed by atoms with Crippen molar-refractivity contribution in [2.24, 2.45) is 11.8 Å². The normalized spacial score (nSPS) is 14.1. The summed E-state index contributed by atoms with van der Waals surface area (Å²) in [6.45, 7) is 6.59. The van der Waals surface area contributed by atoms with Gasteiger partial charge in [0.1, 0.15) is 0 Å². The third kappa shape index (κ3) is 3.85. The first-order chi connectivity index (χ1) is 4.72. The Morgan fingerprint density at radius 1 is 1.40 bits per heavy atom. The van der Waals surface area contributed by atoms with Gasteiger partial charge >= 0.3 is 0 Å². The van der Waals surface area contributed by atoms with Crippen molar-refractivity contribution in [2.75, 3.05) is 0 Å². The third-order valence-corrected chi connectivity index (χ3v) is 1.89. The molecule has 0 saturated carbocycles. The molecule has 0 aliphatic carbocycles. The maximum Gasteiger partial charge on any atom is 0.0233 e. The highest BCUT2D eigenvalue weighted by Gasteiger charge is 2.08. The summed E-state index contributed by atoms with van der Waals surface area (Å²) in [6.07, 6.45) is 3.72. The fourth-order valence-electron chi connectivity index (χ4n) is 1.03. The van der Waals surface area contributed by atoms with Crippen LogP contribution in [0.3, 0.4) is 0 Å². The highest BCUT2D eigenvalue weighted by molar-refractivity contribution is 4.66. The summed E-state index contributed by atoms with van der Waals surface area (Å²) in [7, 11) is 0. The molecule has 0 aliphatic rings. The van der Waals surface area contributed by atoms with Gasteiger partial charge in [0.05, 0.1) is 0 Å². The molecule has 0 aliphatic heterocycles. The molecule has 0 aromatic rings. The van der Waals surface area contributed by atoms with E-state index in [2.05, 4.69) is 26.2 Å². The second-order valence-corrected chi connectivity index (χ2v) is 3.16. The number of rotatable bonds is 5. The molecule has 0 fully saturated rings. The molecule has 0 aromatic carbocycles. The lowest BCUT2D eigenvalue weighted by Gasteiger charge is -2.18. The lowest BCUT2D eigenvalue weighted by Crippen LogP contribution is -2.38. The van der Waals surface area contributed by atoms with Crippen molar-refractivity contribution >= 4 is 0 Å². The lowest BCUT2D eigenvalue weighted by atomic mass is 9.99. The first-order valence-electron chi connectivity index (χ1n) is 4.18. The van der Waals surface area contributed by atoms with Crippen LogP contribution in [0, 0.1) is 5.92 Å². The Balaban J connectivity index is 3.40. The Labute approximate surface area is 64.2 Å². The van der Waals surface area contributed by atoms with E-state index >= 15 is 0 Å². The zero-order valence-electron chi connectivity index (χ0n) is 7.35. The molecule has 10 heavy (non-hydrogen) atoms. The molecule has 2 heteroatoms. The van der Waals surface area contributed by atoms with Crippen molar-refractivity contribution in [3.05, 3.63) is 0 Å². The minimum atomic E-state index is 0.500. The van der Waals surface area contributed by atoms with Gasteiger partial charge in [-0.1, -0.05) is 33.6 Å². The second-order valence-electron chi connectivity index (χ2n) is 3.16. The molecule has 0 aromatic heterocycles. The van der Waals surface area contributed by atoms with Crippen molar-refractivity contribution in [1.29, 1.82) is 0 Å². The molecule has 0 heterocycles. The summed E-state index contributed by atoms with van der Waals surface area (Å²) in [5.41, 5.74) is 2.84. The van der Waals surface area contributed by atoms with Crippen molar-refractivity contribution in [1.82, 2.24) is 5.43 Å². The minimum Gasteiger partial charge on any atom is -0.271 e. The Bertz CT molecular complexity index is 71.7. The zero-order chi connectivity index (χ0) is 7.98. The van der Waals surface area contributed by atoms with Gasteiger partial charge in [0.15, 0.2) is 0 Å². The average Bonchev–Trinajstić information content (AvgIpc) is 1.89.